The van der Waals surface area contributed by atoms with Crippen molar-refractivity contribution in [3.63, 3.8) is 0 Å². The van der Waals surface area contributed by atoms with Gasteiger partial charge in [0.15, 0.2) is 6.04 Å². The van der Waals surface area contributed by atoms with E-state index in [1.165, 1.54) is 10.5 Å². The molecule has 4 heteroatoms. The van der Waals surface area contributed by atoms with Crippen LogP contribution in [-0.2, 0) is 17.8 Å². The summed E-state index contributed by atoms with van der Waals surface area (Å²) in [5, 5.41) is 0.739. The van der Waals surface area contributed by atoms with Crippen molar-refractivity contribution < 1.29 is 9.69 Å². The number of fused-ring (bicyclic) bond motifs is 1. The van der Waals surface area contributed by atoms with Crippen molar-refractivity contribution in [1.29, 1.82) is 0 Å². The van der Waals surface area contributed by atoms with Crippen molar-refractivity contribution >= 4 is 23.2 Å². The van der Waals surface area contributed by atoms with E-state index in [2.05, 4.69) is 19.2 Å². The summed E-state index contributed by atoms with van der Waals surface area (Å²) < 4.78 is 0. The van der Waals surface area contributed by atoms with E-state index < -0.39 is 0 Å². The van der Waals surface area contributed by atoms with E-state index in [1.807, 2.05) is 48.2 Å². The molecule has 0 bridgehead atoms. The van der Waals surface area contributed by atoms with E-state index in [0.29, 0.717) is 0 Å². The predicted molar refractivity (Wildman–Crippen MR) is 94.0 cm³/mol. The Bertz CT molecular complexity index is 716. The summed E-state index contributed by atoms with van der Waals surface area (Å²) in [6, 6.07) is 15.9. The van der Waals surface area contributed by atoms with Gasteiger partial charge in [-0.05, 0) is 37.1 Å². The van der Waals surface area contributed by atoms with Gasteiger partial charge in [-0.1, -0.05) is 41.9 Å². The van der Waals surface area contributed by atoms with Crippen LogP contribution in [0.4, 0.5) is 5.69 Å². The van der Waals surface area contributed by atoms with Crippen LogP contribution < -0.4 is 9.80 Å². The van der Waals surface area contributed by atoms with Crippen molar-refractivity contribution in [3.05, 3.63) is 64.7 Å². The molecule has 120 valence electrons. The number of quaternary nitrogens is 1. The van der Waals surface area contributed by atoms with Gasteiger partial charge in [0.2, 0.25) is 0 Å². The summed E-state index contributed by atoms with van der Waals surface area (Å²) in [5.41, 5.74) is 3.48. The van der Waals surface area contributed by atoms with Crippen LogP contribution in [0.5, 0.6) is 0 Å². The van der Waals surface area contributed by atoms with Crippen molar-refractivity contribution in [3.8, 4) is 0 Å². The van der Waals surface area contributed by atoms with E-state index in [-0.39, 0.29) is 11.9 Å². The Kier molecular flexibility index (Phi) is 4.69. The summed E-state index contributed by atoms with van der Waals surface area (Å²) in [4.78, 5) is 16.0. The van der Waals surface area contributed by atoms with E-state index in [9.17, 15) is 4.79 Å². The molecule has 2 aromatic rings. The Morgan fingerprint density at radius 2 is 2.04 bits per heavy atom. The molecule has 0 aliphatic carbocycles. The van der Waals surface area contributed by atoms with E-state index in [1.54, 1.807) is 0 Å². The Balaban J connectivity index is 1.70. The van der Waals surface area contributed by atoms with Gasteiger partial charge < -0.3 is 9.80 Å². The summed E-state index contributed by atoms with van der Waals surface area (Å²) in [6.45, 7) is 3.57. The summed E-state index contributed by atoms with van der Waals surface area (Å²) >= 11 is 6.05. The van der Waals surface area contributed by atoms with E-state index in [4.69, 9.17) is 11.6 Å². The maximum atomic E-state index is 12.9. The highest BCUT2D eigenvalue weighted by molar-refractivity contribution is 6.30. The first-order chi connectivity index (χ1) is 11.1. The minimum atomic E-state index is -0.0971. The van der Waals surface area contributed by atoms with Crippen LogP contribution in [0.2, 0.25) is 5.02 Å². The highest BCUT2D eigenvalue weighted by Gasteiger charge is 2.31. The van der Waals surface area contributed by atoms with Gasteiger partial charge in [-0.15, -0.1) is 0 Å². The molecule has 0 saturated carbocycles. The lowest BCUT2D eigenvalue weighted by molar-refractivity contribution is -0.908. The van der Waals surface area contributed by atoms with Crippen molar-refractivity contribution in [2.75, 3.05) is 18.5 Å². The molecule has 1 aliphatic heterocycles. The number of nitrogens with one attached hydrogen (secondary N) is 1. The molecule has 2 aromatic carbocycles. The molecular weight excluding hydrogens is 308 g/mol. The normalized spacial score (nSPS) is 16.0. The second kappa shape index (κ2) is 6.73. The molecule has 1 unspecified atom stereocenters. The van der Waals surface area contributed by atoms with Crippen LogP contribution in [0.1, 0.15) is 18.1 Å². The number of para-hydroxylation sites is 1. The molecule has 0 aromatic heterocycles. The lowest BCUT2D eigenvalue weighted by Gasteiger charge is -2.26. The number of hydrogen-bond donors (Lipinski definition) is 1. The van der Waals surface area contributed by atoms with Gasteiger partial charge in [0.1, 0.15) is 6.54 Å². The van der Waals surface area contributed by atoms with Crippen molar-refractivity contribution in [2.45, 2.75) is 25.9 Å². The number of benzene rings is 2. The molecule has 0 saturated heterocycles. The first-order valence-electron chi connectivity index (χ1n) is 8.02. The van der Waals surface area contributed by atoms with Gasteiger partial charge in [-0.2, -0.15) is 0 Å². The lowest BCUT2D eigenvalue weighted by atomic mass is 10.1. The van der Waals surface area contributed by atoms with Crippen LogP contribution in [0.3, 0.4) is 0 Å². The molecule has 2 atom stereocenters. The fourth-order valence-corrected chi connectivity index (χ4v) is 3.35. The van der Waals surface area contributed by atoms with Gasteiger partial charge in [0.05, 0.1) is 7.05 Å². The molecule has 1 amide bonds. The predicted octanol–water partition coefficient (Wildman–Crippen LogP) is 2.33. The summed E-state index contributed by atoms with van der Waals surface area (Å²) in [5.74, 6) is 0.189. The van der Waals surface area contributed by atoms with E-state index in [0.717, 1.165) is 35.8 Å². The smallest absolute Gasteiger partial charge is 0.284 e. The first-order valence-corrected chi connectivity index (χ1v) is 8.40. The molecule has 1 aliphatic rings. The number of nitrogens with zero attached hydrogens (tertiary/aromatic N) is 1. The maximum absolute atomic E-state index is 12.9. The van der Waals surface area contributed by atoms with E-state index >= 15 is 0 Å². The minimum Gasteiger partial charge on any atom is -0.324 e. The molecule has 0 radical (unpaired) electrons. The Labute approximate surface area is 142 Å². The molecule has 1 N–H and O–H groups in total. The highest BCUT2D eigenvalue weighted by Crippen LogP contribution is 2.27. The molecule has 3 rings (SSSR count). The van der Waals surface area contributed by atoms with Crippen LogP contribution >= 0.6 is 11.6 Å². The van der Waals surface area contributed by atoms with Crippen LogP contribution in [0, 0.1) is 0 Å². The topological polar surface area (TPSA) is 24.8 Å². The third kappa shape index (κ3) is 3.41. The summed E-state index contributed by atoms with van der Waals surface area (Å²) in [6.07, 6.45) is 0.946. The number of likely N-dealkylation sites (N-methyl/N-ethyl adjacent to an activating group) is 1. The SMILES string of the molecule is C[C@@H](C(=O)N1CCc2ccccc21)[NH+](C)Cc1cccc(Cl)c1. The number of carbonyl (C=O) groups excluding carboxylic acids is 1. The standard InChI is InChI=1S/C19H21ClN2O/c1-14(21(2)13-15-6-5-8-17(20)12-15)19(23)22-11-10-16-7-3-4-9-18(16)22/h3-9,12,14H,10-11,13H2,1-2H3/p+1/t14-/m0/s1. The Morgan fingerprint density at radius 3 is 2.83 bits per heavy atom. The number of halogens is 1. The van der Waals surface area contributed by atoms with Gasteiger partial charge in [-0.25, -0.2) is 0 Å². The largest absolute Gasteiger partial charge is 0.324 e. The summed E-state index contributed by atoms with van der Waals surface area (Å²) in [7, 11) is 2.06. The average Bonchev–Trinajstić information content (AvgIpc) is 2.97. The fraction of sp³-hybridized carbons (Fsp3) is 0.316. The lowest BCUT2D eigenvalue weighted by Crippen LogP contribution is -3.12. The molecule has 23 heavy (non-hydrogen) atoms. The van der Waals surface area contributed by atoms with Crippen molar-refractivity contribution in [2.24, 2.45) is 0 Å². The molecular formula is C19H22ClN2O+. The van der Waals surface area contributed by atoms with Gasteiger partial charge in [0, 0.05) is 22.8 Å². The zero-order valence-corrected chi connectivity index (χ0v) is 14.3. The van der Waals surface area contributed by atoms with Crippen LogP contribution in [0.25, 0.3) is 0 Å². The number of carbonyl (C=O) groups is 1. The molecule has 1 heterocycles. The van der Waals surface area contributed by atoms with Gasteiger partial charge >= 0.3 is 0 Å². The van der Waals surface area contributed by atoms with Crippen LogP contribution in [0.15, 0.2) is 48.5 Å². The second-order valence-corrected chi connectivity index (χ2v) is 6.68. The third-order valence-electron chi connectivity index (χ3n) is 4.63. The monoisotopic (exact) mass is 329 g/mol. The molecule has 0 fully saturated rings. The third-order valence-corrected chi connectivity index (χ3v) is 4.87. The van der Waals surface area contributed by atoms with Gasteiger partial charge in [-0.3, -0.25) is 4.79 Å². The zero-order valence-electron chi connectivity index (χ0n) is 13.6. The number of amides is 1. The first kappa shape index (κ1) is 16.0. The quantitative estimate of drug-likeness (QED) is 0.915. The Morgan fingerprint density at radius 1 is 1.26 bits per heavy atom. The van der Waals surface area contributed by atoms with Crippen molar-refractivity contribution in [1.82, 2.24) is 0 Å². The maximum Gasteiger partial charge on any atom is 0.284 e. The highest BCUT2D eigenvalue weighted by atomic mass is 35.5. The molecule has 0 spiro atoms. The van der Waals surface area contributed by atoms with Crippen LogP contribution in [-0.4, -0.2) is 25.5 Å². The number of hydrogen-bond acceptors (Lipinski definition) is 1. The fourth-order valence-electron chi connectivity index (χ4n) is 3.13. The second-order valence-electron chi connectivity index (χ2n) is 6.24. The van der Waals surface area contributed by atoms with Gasteiger partial charge in [0.25, 0.3) is 5.91 Å². The average molecular weight is 330 g/mol. The zero-order chi connectivity index (χ0) is 16.4. The number of rotatable bonds is 4. The Hall–Kier alpha value is -1.84. The molecule has 3 nitrogen and oxygen atoms in total. The number of anilines is 1. The minimum absolute atomic E-state index is 0.0971.